The SMILES string of the molecule is C[C@@H]1CCCC[C@H]1NC(=O)c1cc2c(-c3ccccc3F)nn(C)c2s1. The highest BCUT2D eigenvalue weighted by molar-refractivity contribution is 7.20. The molecule has 1 N–H and O–H groups in total. The summed E-state index contributed by atoms with van der Waals surface area (Å²) >= 11 is 1.41. The van der Waals surface area contributed by atoms with Crippen molar-refractivity contribution in [1.82, 2.24) is 15.1 Å². The van der Waals surface area contributed by atoms with Gasteiger partial charge in [0.05, 0.1) is 4.88 Å². The number of hydrogen-bond donors (Lipinski definition) is 1. The monoisotopic (exact) mass is 371 g/mol. The number of nitrogens with one attached hydrogen (secondary N) is 1. The van der Waals surface area contributed by atoms with Crippen LogP contribution < -0.4 is 5.32 Å². The number of benzene rings is 1. The first-order chi connectivity index (χ1) is 12.5. The number of halogens is 1. The molecule has 2 atom stereocenters. The van der Waals surface area contributed by atoms with Gasteiger partial charge in [-0.15, -0.1) is 11.3 Å². The van der Waals surface area contributed by atoms with Crippen LogP contribution in [0.25, 0.3) is 21.5 Å². The summed E-state index contributed by atoms with van der Waals surface area (Å²) in [6.07, 6.45) is 4.62. The molecule has 1 aliphatic rings. The van der Waals surface area contributed by atoms with Crippen LogP contribution in [-0.4, -0.2) is 21.7 Å². The molecule has 2 aromatic heterocycles. The number of hydrogen-bond acceptors (Lipinski definition) is 3. The summed E-state index contributed by atoms with van der Waals surface area (Å²) < 4.78 is 15.9. The van der Waals surface area contributed by atoms with E-state index in [9.17, 15) is 9.18 Å². The molecule has 4 nitrogen and oxygen atoms in total. The largest absolute Gasteiger partial charge is 0.348 e. The fourth-order valence-electron chi connectivity index (χ4n) is 3.78. The van der Waals surface area contributed by atoms with Gasteiger partial charge in [0, 0.05) is 24.0 Å². The van der Waals surface area contributed by atoms with Crippen LogP contribution >= 0.6 is 11.3 Å². The molecule has 4 rings (SSSR count). The van der Waals surface area contributed by atoms with E-state index in [-0.39, 0.29) is 17.8 Å². The van der Waals surface area contributed by atoms with Gasteiger partial charge in [0.15, 0.2) is 0 Å². The van der Waals surface area contributed by atoms with Crippen molar-refractivity contribution in [2.24, 2.45) is 13.0 Å². The third-order valence-electron chi connectivity index (χ3n) is 5.29. The number of carbonyl (C=O) groups excluding carboxylic acids is 1. The van der Waals surface area contributed by atoms with Gasteiger partial charge >= 0.3 is 0 Å². The van der Waals surface area contributed by atoms with Crippen LogP contribution in [0, 0.1) is 11.7 Å². The fraction of sp³-hybridized carbons (Fsp3) is 0.400. The molecule has 136 valence electrons. The summed E-state index contributed by atoms with van der Waals surface area (Å²) in [7, 11) is 1.83. The number of nitrogens with zero attached hydrogens (tertiary/aromatic N) is 2. The molecular formula is C20H22FN3OS. The van der Waals surface area contributed by atoms with Gasteiger partial charge < -0.3 is 5.32 Å². The third kappa shape index (κ3) is 3.03. The van der Waals surface area contributed by atoms with Crippen molar-refractivity contribution in [2.45, 2.75) is 38.6 Å². The second-order valence-electron chi connectivity index (χ2n) is 7.12. The Morgan fingerprint density at radius 2 is 2.08 bits per heavy atom. The van der Waals surface area contributed by atoms with Gasteiger partial charge in [0.25, 0.3) is 5.91 Å². The zero-order valence-corrected chi connectivity index (χ0v) is 15.8. The number of aryl methyl sites for hydroxylation is 1. The second kappa shape index (κ2) is 6.83. The minimum Gasteiger partial charge on any atom is -0.348 e. The molecule has 1 aromatic carbocycles. The first-order valence-electron chi connectivity index (χ1n) is 9.07. The summed E-state index contributed by atoms with van der Waals surface area (Å²) in [5.41, 5.74) is 1.05. The molecule has 1 amide bonds. The summed E-state index contributed by atoms with van der Waals surface area (Å²) in [6.45, 7) is 2.20. The first-order valence-corrected chi connectivity index (χ1v) is 9.88. The number of aromatic nitrogens is 2. The first kappa shape index (κ1) is 17.2. The minimum absolute atomic E-state index is 0.0376. The molecule has 2 heterocycles. The average Bonchev–Trinajstić information content (AvgIpc) is 3.19. The zero-order chi connectivity index (χ0) is 18.3. The number of fused-ring (bicyclic) bond motifs is 1. The molecule has 0 aliphatic heterocycles. The smallest absolute Gasteiger partial charge is 0.261 e. The maximum atomic E-state index is 14.2. The molecule has 26 heavy (non-hydrogen) atoms. The summed E-state index contributed by atoms with van der Waals surface area (Å²) in [5, 5.41) is 8.48. The Morgan fingerprint density at radius 3 is 2.85 bits per heavy atom. The predicted octanol–water partition coefficient (Wildman–Crippen LogP) is 4.75. The molecule has 1 fully saturated rings. The van der Waals surface area contributed by atoms with Crippen molar-refractivity contribution in [3.8, 4) is 11.3 Å². The van der Waals surface area contributed by atoms with Gasteiger partial charge in [0.2, 0.25) is 0 Å². The van der Waals surface area contributed by atoms with Gasteiger partial charge in [-0.3, -0.25) is 9.48 Å². The molecule has 1 saturated carbocycles. The van der Waals surface area contributed by atoms with E-state index < -0.39 is 0 Å². The number of carbonyl (C=O) groups is 1. The van der Waals surface area contributed by atoms with Gasteiger partial charge in [-0.2, -0.15) is 5.10 Å². The van der Waals surface area contributed by atoms with Crippen molar-refractivity contribution < 1.29 is 9.18 Å². The quantitative estimate of drug-likeness (QED) is 0.722. The summed E-state index contributed by atoms with van der Waals surface area (Å²) in [4.78, 5) is 14.3. The lowest BCUT2D eigenvalue weighted by Gasteiger charge is -2.29. The van der Waals surface area contributed by atoms with Crippen molar-refractivity contribution in [1.29, 1.82) is 0 Å². The lowest BCUT2D eigenvalue weighted by atomic mass is 9.86. The van der Waals surface area contributed by atoms with Crippen LogP contribution in [-0.2, 0) is 7.05 Å². The molecular weight excluding hydrogens is 349 g/mol. The van der Waals surface area contributed by atoms with Crippen LogP contribution in [0.15, 0.2) is 30.3 Å². The van der Waals surface area contributed by atoms with E-state index in [4.69, 9.17) is 0 Å². The average molecular weight is 371 g/mol. The Bertz CT molecular complexity index is 961. The molecule has 0 unspecified atom stereocenters. The number of thiophene rings is 1. The van der Waals surface area contributed by atoms with E-state index in [0.717, 1.165) is 16.6 Å². The van der Waals surface area contributed by atoms with Crippen LogP contribution in [0.1, 0.15) is 42.3 Å². The minimum atomic E-state index is -0.305. The van der Waals surface area contributed by atoms with Crippen molar-refractivity contribution in [3.05, 3.63) is 41.0 Å². The van der Waals surface area contributed by atoms with Gasteiger partial charge in [-0.05, 0) is 37.0 Å². The molecule has 1 aliphatic carbocycles. The van der Waals surface area contributed by atoms with Gasteiger partial charge in [-0.1, -0.05) is 31.9 Å². The lowest BCUT2D eigenvalue weighted by Crippen LogP contribution is -2.40. The third-order valence-corrected chi connectivity index (χ3v) is 6.49. The molecule has 0 radical (unpaired) electrons. The molecule has 3 aromatic rings. The second-order valence-corrected chi connectivity index (χ2v) is 8.15. The van der Waals surface area contributed by atoms with Crippen LogP contribution in [0.4, 0.5) is 4.39 Å². The Labute approximate surface area is 156 Å². The lowest BCUT2D eigenvalue weighted by molar-refractivity contribution is 0.0914. The Kier molecular flexibility index (Phi) is 4.53. The highest BCUT2D eigenvalue weighted by atomic mass is 32.1. The van der Waals surface area contributed by atoms with Gasteiger partial charge in [0.1, 0.15) is 16.3 Å². The standard InChI is InChI=1S/C20H22FN3OS/c1-12-7-3-6-10-16(12)22-19(25)17-11-14-18(23-24(2)20(14)26-17)13-8-4-5-9-15(13)21/h4-5,8-9,11-12,16H,3,6-7,10H2,1-2H3,(H,22,25)/t12-,16-/m1/s1. The van der Waals surface area contributed by atoms with E-state index in [1.54, 1.807) is 22.9 Å². The van der Waals surface area contributed by atoms with Crippen LogP contribution in [0.3, 0.4) is 0 Å². The predicted molar refractivity (Wildman–Crippen MR) is 103 cm³/mol. The van der Waals surface area contributed by atoms with Crippen LogP contribution in [0.5, 0.6) is 0 Å². The fourth-order valence-corrected chi connectivity index (χ4v) is 4.75. The summed E-state index contributed by atoms with van der Waals surface area (Å²) in [5.74, 6) is 0.169. The Hall–Kier alpha value is -2.21. The normalized spacial score (nSPS) is 20.4. The van der Waals surface area contributed by atoms with E-state index in [0.29, 0.717) is 22.1 Å². The van der Waals surface area contributed by atoms with Crippen molar-refractivity contribution in [3.63, 3.8) is 0 Å². The van der Waals surface area contributed by atoms with E-state index >= 15 is 0 Å². The molecule has 0 saturated heterocycles. The molecule has 0 bridgehead atoms. The van der Waals surface area contributed by atoms with E-state index in [2.05, 4.69) is 17.3 Å². The Morgan fingerprint density at radius 1 is 1.31 bits per heavy atom. The molecule has 0 spiro atoms. The van der Waals surface area contributed by atoms with Crippen molar-refractivity contribution >= 4 is 27.5 Å². The summed E-state index contributed by atoms with van der Waals surface area (Å²) in [6, 6.07) is 8.70. The Balaban J connectivity index is 1.67. The highest BCUT2D eigenvalue weighted by Gasteiger charge is 2.25. The zero-order valence-electron chi connectivity index (χ0n) is 15.0. The maximum Gasteiger partial charge on any atom is 0.261 e. The number of amides is 1. The van der Waals surface area contributed by atoms with Crippen molar-refractivity contribution in [2.75, 3.05) is 0 Å². The van der Waals surface area contributed by atoms with E-state index in [1.807, 2.05) is 13.1 Å². The maximum absolute atomic E-state index is 14.2. The van der Waals surface area contributed by atoms with Crippen LogP contribution in [0.2, 0.25) is 0 Å². The van der Waals surface area contributed by atoms with Gasteiger partial charge in [-0.25, -0.2) is 4.39 Å². The van der Waals surface area contributed by atoms with E-state index in [1.165, 1.54) is 36.7 Å². The number of rotatable bonds is 3. The topological polar surface area (TPSA) is 46.9 Å². The highest BCUT2D eigenvalue weighted by Crippen LogP contribution is 2.35. The molecule has 6 heteroatoms.